The SMILES string of the molecule is CCCCC(CC)C(=O)OCCOCCOCCOCCOCCOCCOCCOCCOCCOCCOCCOC(=O)c1ccccc1. The highest BCUT2D eigenvalue weighted by Crippen LogP contribution is 2.14. The summed E-state index contributed by atoms with van der Waals surface area (Å²) in [6.45, 7) is 13.8. The van der Waals surface area contributed by atoms with Crippen LogP contribution < -0.4 is 0 Å². The van der Waals surface area contributed by atoms with Gasteiger partial charge in [0.2, 0.25) is 0 Å². The van der Waals surface area contributed by atoms with Crippen molar-refractivity contribution in [2.75, 3.05) is 145 Å². The van der Waals surface area contributed by atoms with Crippen LogP contribution in [0.25, 0.3) is 0 Å². The fraction of sp³-hybridized carbons (Fsp3) is 0.784. The first-order chi connectivity index (χ1) is 25.2. The van der Waals surface area contributed by atoms with E-state index in [2.05, 4.69) is 6.92 Å². The quantitative estimate of drug-likeness (QED) is 0.0715. The first-order valence-electron chi connectivity index (χ1n) is 18.3. The van der Waals surface area contributed by atoms with Crippen molar-refractivity contribution in [1.29, 1.82) is 0 Å². The molecule has 0 spiro atoms. The third-order valence-corrected chi connectivity index (χ3v) is 7.02. The highest BCUT2D eigenvalue weighted by atomic mass is 16.6. The second-order valence-corrected chi connectivity index (χ2v) is 11.0. The van der Waals surface area contributed by atoms with E-state index < -0.39 is 0 Å². The van der Waals surface area contributed by atoms with Crippen molar-refractivity contribution in [3.63, 3.8) is 0 Å². The Hall–Kier alpha value is -2.24. The Morgan fingerprint density at radius 2 is 0.765 bits per heavy atom. The lowest BCUT2D eigenvalue weighted by atomic mass is 10.00. The summed E-state index contributed by atoms with van der Waals surface area (Å²) < 4.78 is 65.0. The molecule has 0 aliphatic rings. The average molecular weight is 733 g/mol. The van der Waals surface area contributed by atoms with Crippen LogP contribution in [0.2, 0.25) is 0 Å². The van der Waals surface area contributed by atoms with E-state index in [4.69, 9.17) is 56.8 Å². The van der Waals surface area contributed by atoms with Gasteiger partial charge < -0.3 is 56.8 Å². The summed E-state index contributed by atoms with van der Waals surface area (Å²) in [7, 11) is 0. The third kappa shape index (κ3) is 31.0. The molecule has 1 atom stereocenters. The van der Waals surface area contributed by atoms with E-state index in [0.717, 1.165) is 25.7 Å². The van der Waals surface area contributed by atoms with Crippen LogP contribution in [-0.2, 0) is 61.6 Å². The second-order valence-electron chi connectivity index (χ2n) is 11.0. The van der Waals surface area contributed by atoms with Crippen molar-refractivity contribution in [3.8, 4) is 0 Å². The molecule has 1 unspecified atom stereocenters. The van der Waals surface area contributed by atoms with Crippen LogP contribution in [0.3, 0.4) is 0 Å². The first-order valence-corrected chi connectivity index (χ1v) is 18.3. The minimum atomic E-state index is -0.359. The summed E-state index contributed by atoms with van der Waals surface area (Å²) in [4.78, 5) is 23.8. The molecule has 1 aromatic carbocycles. The molecule has 0 amide bonds. The zero-order valence-electron chi connectivity index (χ0n) is 31.1. The highest BCUT2D eigenvalue weighted by molar-refractivity contribution is 5.89. The van der Waals surface area contributed by atoms with Crippen LogP contribution in [0.4, 0.5) is 0 Å². The molecule has 0 saturated carbocycles. The zero-order chi connectivity index (χ0) is 36.7. The summed E-state index contributed by atoms with van der Waals surface area (Å²) in [5.74, 6) is -0.491. The maximum atomic E-state index is 12.0. The van der Waals surface area contributed by atoms with Crippen molar-refractivity contribution in [3.05, 3.63) is 35.9 Å². The molecule has 51 heavy (non-hydrogen) atoms. The Balaban J connectivity index is 1.66. The zero-order valence-corrected chi connectivity index (χ0v) is 31.1. The van der Waals surface area contributed by atoms with E-state index in [9.17, 15) is 9.59 Å². The summed E-state index contributed by atoms with van der Waals surface area (Å²) in [5.41, 5.74) is 0.523. The number of hydrogen-bond acceptors (Lipinski definition) is 14. The normalized spacial score (nSPS) is 11.9. The van der Waals surface area contributed by atoms with Crippen LogP contribution in [0.1, 0.15) is 49.9 Å². The number of carbonyl (C=O) groups excluding carboxylic acids is 2. The highest BCUT2D eigenvalue weighted by Gasteiger charge is 2.17. The molecule has 0 aliphatic heterocycles. The maximum Gasteiger partial charge on any atom is 0.338 e. The lowest BCUT2D eigenvalue weighted by molar-refractivity contribution is -0.150. The van der Waals surface area contributed by atoms with Gasteiger partial charge in [-0.25, -0.2) is 4.79 Å². The monoisotopic (exact) mass is 732 g/mol. The Morgan fingerprint density at radius 3 is 1.08 bits per heavy atom. The molecule has 0 N–H and O–H groups in total. The van der Waals surface area contributed by atoms with Crippen molar-refractivity contribution in [1.82, 2.24) is 0 Å². The van der Waals surface area contributed by atoms with Crippen LogP contribution in [0.5, 0.6) is 0 Å². The summed E-state index contributed by atoms with van der Waals surface area (Å²) >= 11 is 0. The van der Waals surface area contributed by atoms with E-state index in [1.807, 2.05) is 13.0 Å². The molecule has 0 radical (unpaired) electrons. The maximum absolute atomic E-state index is 12.0. The van der Waals surface area contributed by atoms with Crippen LogP contribution in [0, 0.1) is 5.92 Å². The number of carbonyl (C=O) groups is 2. The largest absolute Gasteiger partial charge is 0.463 e. The Bertz CT molecular complexity index is 891. The summed E-state index contributed by atoms with van der Waals surface area (Å²) in [6.07, 6.45) is 3.82. The van der Waals surface area contributed by atoms with Gasteiger partial charge in [0, 0.05) is 0 Å². The second kappa shape index (κ2) is 37.5. The van der Waals surface area contributed by atoms with Crippen molar-refractivity contribution < 1.29 is 66.4 Å². The molecule has 0 saturated heterocycles. The van der Waals surface area contributed by atoms with Gasteiger partial charge >= 0.3 is 11.9 Å². The molecule has 0 fully saturated rings. The van der Waals surface area contributed by atoms with E-state index in [1.165, 1.54) is 0 Å². The van der Waals surface area contributed by atoms with Gasteiger partial charge in [-0.2, -0.15) is 0 Å². The minimum Gasteiger partial charge on any atom is -0.463 e. The van der Waals surface area contributed by atoms with Crippen molar-refractivity contribution in [2.24, 2.45) is 5.92 Å². The lowest BCUT2D eigenvalue weighted by Crippen LogP contribution is -2.20. The standard InChI is InChI=1S/C37H64O14/c1-3-5-9-34(4-2)36(38)50-32-30-48-28-26-46-24-22-44-20-18-42-16-14-40-12-13-41-15-17-43-19-21-45-23-25-47-27-29-49-31-33-51-37(39)35-10-7-6-8-11-35/h6-8,10-11,34H,3-5,9,12-33H2,1-2H3. The smallest absolute Gasteiger partial charge is 0.338 e. The molecular weight excluding hydrogens is 668 g/mol. The van der Waals surface area contributed by atoms with Gasteiger partial charge in [0.1, 0.15) is 13.2 Å². The number of unbranched alkanes of at least 4 members (excludes halogenated alkanes) is 1. The minimum absolute atomic E-state index is 0.00817. The molecule has 296 valence electrons. The van der Waals surface area contributed by atoms with E-state index in [1.54, 1.807) is 24.3 Å². The topological polar surface area (TPSA) is 145 Å². The molecule has 1 rings (SSSR count). The number of benzene rings is 1. The van der Waals surface area contributed by atoms with Gasteiger partial charge in [-0.15, -0.1) is 0 Å². The van der Waals surface area contributed by atoms with Crippen LogP contribution in [-0.4, -0.2) is 157 Å². The Morgan fingerprint density at radius 1 is 0.451 bits per heavy atom. The number of hydrogen-bond donors (Lipinski definition) is 0. The third-order valence-electron chi connectivity index (χ3n) is 7.02. The Labute approximate surface area is 304 Å². The van der Waals surface area contributed by atoms with Crippen molar-refractivity contribution >= 4 is 11.9 Å². The van der Waals surface area contributed by atoms with Gasteiger partial charge in [0.05, 0.1) is 144 Å². The Kier molecular flexibility index (Phi) is 34.4. The number of ether oxygens (including phenoxy) is 12. The predicted octanol–water partition coefficient (Wildman–Crippen LogP) is 3.77. The van der Waals surface area contributed by atoms with Crippen molar-refractivity contribution in [2.45, 2.75) is 39.5 Å². The van der Waals surface area contributed by atoms with Crippen LogP contribution in [0.15, 0.2) is 30.3 Å². The van der Waals surface area contributed by atoms with E-state index in [-0.39, 0.29) is 31.1 Å². The lowest BCUT2D eigenvalue weighted by Gasteiger charge is -2.13. The number of rotatable bonds is 39. The fourth-order valence-electron chi connectivity index (χ4n) is 4.19. The predicted molar refractivity (Wildman–Crippen MR) is 189 cm³/mol. The molecule has 14 heteroatoms. The number of esters is 2. The van der Waals surface area contributed by atoms with E-state index >= 15 is 0 Å². The average Bonchev–Trinajstić information content (AvgIpc) is 3.15. The molecule has 0 aromatic heterocycles. The molecule has 0 bridgehead atoms. The van der Waals surface area contributed by atoms with Gasteiger partial charge in [-0.3, -0.25) is 4.79 Å². The molecule has 0 heterocycles. The molecular formula is C37H64O14. The summed E-state index contributed by atoms with van der Waals surface area (Å²) in [5, 5.41) is 0. The van der Waals surface area contributed by atoms with Crippen LogP contribution >= 0.6 is 0 Å². The van der Waals surface area contributed by atoms with Gasteiger partial charge in [-0.1, -0.05) is 44.9 Å². The fourth-order valence-corrected chi connectivity index (χ4v) is 4.19. The van der Waals surface area contributed by atoms with Gasteiger partial charge in [0.15, 0.2) is 0 Å². The van der Waals surface area contributed by atoms with Gasteiger partial charge in [-0.05, 0) is 25.0 Å². The molecule has 0 aliphatic carbocycles. The molecule has 1 aromatic rings. The first kappa shape index (κ1) is 46.8. The molecule has 14 nitrogen and oxygen atoms in total. The summed E-state index contributed by atoms with van der Waals surface area (Å²) in [6, 6.07) is 8.84. The van der Waals surface area contributed by atoms with Gasteiger partial charge in [0.25, 0.3) is 0 Å². The van der Waals surface area contributed by atoms with E-state index in [0.29, 0.717) is 138 Å².